The molecule has 0 N–H and O–H groups in total. The molecule has 0 unspecified atom stereocenters. The molecule has 3 aromatic rings. The van der Waals surface area contributed by atoms with Crippen LogP contribution in [0.1, 0.15) is 0 Å². The third-order valence-corrected chi connectivity index (χ3v) is 5.85. The van der Waals surface area contributed by atoms with Gasteiger partial charge in [0.1, 0.15) is 12.4 Å². The number of benzene rings is 1. The largest absolute Gasteiger partial charge is 0.360 e. The molecule has 0 amide bonds. The minimum atomic E-state index is -1.09. The first kappa shape index (κ1) is 17.1. The predicted molar refractivity (Wildman–Crippen MR) is 98.8 cm³/mol. The van der Waals surface area contributed by atoms with Crippen LogP contribution in [0.15, 0.2) is 24.5 Å². The van der Waals surface area contributed by atoms with Crippen molar-refractivity contribution in [3.63, 3.8) is 0 Å². The van der Waals surface area contributed by atoms with Crippen LogP contribution in [0.3, 0.4) is 0 Å². The summed E-state index contributed by atoms with van der Waals surface area (Å²) in [5.41, 5.74) is 2.64. The van der Waals surface area contributed by atoms with E-state index in [1.165, 1.54) is 0 Å². The van der Waals surface area contributed by atoms with Crippen molar-refractivity contribution in [2.75, 3.05) is 6.61 Å². The van der Waals surface area contributed by atoms with E-state index in [2.05, 4.69) is 34.9 Å². The minimum absolute atomic E-state index is 0.400. The van der Waals surface area contributed by atoms with E-state index in [9.17, 15) is 0 Å². The summed E-state index contributed by atoms with van der Waals surface area (Å²) in [6.45, 7) is 8.16. The van der Waals surface area contributed by atoms with E-state index in [4.69, 9.17) is 16.3 Å². The smallest absolute Gasteiger partial charge is 0.140 e. The summed E-state index contributed by atoms with van der Waals surface area (Å²) in [7, 11) is 0.705. The maximum absolute atomic E-state index is 6.40. The molecule has 1 aromatic carbocycles. The van der Waals surface area contributed by atoms with Gasteiger partial charge in [-0.05, 0) is 12.1 Å². The van der Waals surface area contributed by atoms with Gasteiger partial charge in [0, 0.05) is 32.7 Å². The summed E-state index contributed by atoms with van der Waals surface area (Å²) in [6.07, 6.45) is 3.55. The number of ether oxygens (including phenoxy) is 1. The summed E-state index contributed by atoms with van der Waals surface area (Å²) >= 11 is 6.40. The molecule has 0 saturated heterocycles. The van der Waals surface area contributed by atoms with Crippen molar-refractivity contribution >= 4 is 30.6 Å². The van der Waals surface area contributed by atoms with Crippen LogP contribution in [0.4, 0.5) is 0 Å². The Hall–Kier alpha value is -1.70. The van der Waals surface area contributed by atoms with Crippen LogP contribution in [-0.2, 0) is 18.5 Å². The molecule has 0 saturated carbocycles. The number of rotatable bonds is 6. The summed E-state index contributed by atoms with van der Waals surface area (Å²) in [5, 5.41) is 14.6. The van der Waals surface area contributed by atoms with Gasteiger partial charge in [-0.3, -0.25) is 0 Å². The van der Waals surface area contributed by atoms with Crippen molar-refractivity contribution < 1.29 is 4.74 Å². The fraction of sp³-hybridized carbons (Fsp3) is 0.438. The highest BCUT2D eigenvalue weighted by Gasteiger charge is 2.15. The lowest BCUT2D eigenvalue weighted by molar-refractivity contribution is 0.0817. The van der Waals surface area contributed by atoms with E-state index < -0.39 is 8.07 Å². The molecule has 0 bridgehead atoms. The van der Waals surface area contributed by atoms with Crippen LogP contribution in [-0.4, -0.2) is 39.5 Å². The third-order valence-electron chi connectivity index (χ3n) is 3.84. The number of fused-ring (bicyclic) bond motifs is 1. The molecule has 128 valence electrons. The molecule has 0 fully saturated rings. The molecule has 0 aliphatic carbocycles. The average Bonchev–Trinajstić information content (AvgIpc) is 3.10. The predicted octanol–water partition coefficient (Wildman–Crippen LogP) is 3.80. The van der Waals surface area contributed by atoms with Crippen molar-refractivity contribution in [2.45, 2.75) is 32.4 Å². The maximum Gasteiger partial charge on any atom is 0.140 e. The molecular formula is C16H22ClN5OSi. The van der Waals surface area contributed by atoms with Crippen LogP contribution in [0.2, 0.25) is 30.7 Å². The van der Waals surface area contributed by atoms with Crippen molar-refractivity contribution in [1.29, 1.82) is 0 Å². The molecule has 0 atom stereocenters. The monoisotopic (exact) mass is 363 g/mol. The third kappa shape index (κ3) is 3.68. The molecule has 3 rings (SSSR count). The number of aromatic nitrogens is 5. The van der Waals surface area contributed by atoms with E-state index in [1.54, 1.807) is 18.0 Å². The molecule has 0 spiro atoms. The molecule has 2 aromatic heterocycles. The first-order valence-corrected chi connectivity index (χ1v) is 12.0. The summed E-state index contributed by atoms with van der Waals surface area (Å²) < 4.78 is 7.62. The van der Waals surface area contributed by atoms with Gasteiger partial charge in [0.25, 0.3) is 0 Å². The number of halogens is 1. The van der Waals surface area contributed by atoms with Gasteiger partial charge >= 0.3 is 0 Å². The number of nitrogens with zero attached hydrogens (tertiary/aromatic N) is 5. The lowest BCUT2D eigenvalue weighted by Crippen LogP contribution is -2.22. The van der Waals surface area contributed by atoms with Gasteiger partial charge in [-0.1, -0.05) is 37.3 Å². The second-order valence-corrected chi connectivity index (χ2v) is 13.1. The zero-order valence-electron chi connectivity index (χ0n) is 14.5. The molecule has 0 aliphatic heterocycles. The van der Waals surface area contributed by atoms with Crippen molar-refractivity contribution in [1.82, 2.24) is 24.8 Å². The second kappa shape index (κ2) is 6.66. The van der Waals surface area contributed by atoms with Crippen molar-refractivity contribution in [2.24, 2.45) is 7.05 Å². The Morgan fingerprint density at radius 2 is 1.96 bits per heavy atom. The van der Waals surface area contributed by atoms with E-state index in [0.29, 0.717) is 11.8 Å². The number of aryl methyl sites for hydroxylation is 1. The van der Waals surface area contributed by atoms with E-state index in [1.807, 2.05) is 23.0 Å². The highest BCUT2D eigenvalue weighted by atomic mass is 35.5. The Balaban J connectivity index is 1.86. The first-order chi connectivity index (χ1) is 11.3. The van der Waals surface area contributed by atoms with E-state index in [-0.39, 0.29) is 0 Å². The highest BCUT2D eigenvalue weighted by Crippen LogP contribution is 2.32. The Kier molecular flexibility index (Phi) is 4.75. The van der Waals surface area contributed by atoms with Gasteiger partial charge in [0.2, 0.25) is 0 Å². The van der Waals surface area contributed by atoms with Gasteiger partial charge in [-0.25, -0.2) is 4.68 Å². The molecule has 0 aliphatic rings. The quantitative estimate of drug-likeness (QED) is 0.493. The van der Waals surface area contributed by atoms with Crippen molar-refractivity contribution in [3.8, 4) is 11.3 Å². The second-order valence-electron chi connectivity index (χ2n) is 7.07. The molecular weight excluding hydrogens is 342 g/mol. The van der Waals surface area contributed by atoms with Gasteiger partial charge in [-0.2, -0.15) is 20.1 Å². The van der Waals surface area contributed by atoms with Crippen LogP contribution in [0.25, 0.3) is 22.2 Å². The highest BCUT2D eigenvalue weighted by molar-refractivity contribution is 6.76. The SMILES string of the molecule is Cn1ncc(-c2ccc(Cl)c3c2cnn3COCC[Si](C)(C)C)n1. The minimum Gasteiger partial charge on any atom is -0.360 e. The molecule has 24 heavy (non-hydrogen) atoms. The lowest BCUT2D eigenvalue weighted by Gasteiger charge is -2.15. The Labute approximate surface area is 147 Å². The fourth-order valence-corrected chi connectivity index (χ4v) is 3.50. The summed E-state index contributed by atoms with van der Waals surface area (Å²) in [4.78, 5) is 1.54. The van der Waals surface area contributed by atoms with Gasteiger partial charge in [-0.15, -0.1) is 0 Å². The lowest BCUT2D eigenvalue weighted by atomic mass is 10.1. The molecule has 0 radical (unpaired) electrons. The Morgan fingerprint density at radius 1 is 1.17 bits per heavy atom. The van der Waals surface area contributed by atoms with Crippen LogP contribution < -0.4 is 0 Å². The zero-order chi connectivity index (χ0) is 17.3. The van der Waals surface area contributed by atoms with Crippen LogP contribution in [0, 0.1) is 0 Å². The standard InChI is InChI=1S/C16H22ClN5OSi/c1-21-18-10-15(20-21)12-5-6-14(17)16-13(12)9-19-22(16)11-23-7-8-24(2,3)4/h5-6,9-10H,7-8,11H2,1-4H3. The molecule has 8 heteroatoms. The summed E-state index contributed by atoms with van der Waals surface area (Å²) in [5.74, 6) is 0. The van der Waals surface area contributed by atoms with Gasteiger partial charge < -0.3 is 4.74 Å². The van der Waals surface area contributed by atoms with Crippen LogP contribution in [0.5, 0.6) is 0 Å². The van der Waals surface area contributed by atoms with E-state index in [0.717, 1.165) is 34.8 Å². The topological polar surface area (TPSA) is 57.8 Å². The fourth-order valence-electron chi connectivity index (χ4n) is 2.48. The Morgan fingerprint density at radius 3 is 2.62 bits per heavy atom. The summed E-state index contributed by atoms with van der Waals surface area (Å²) in [6, 6.07) is 4.95. The van der Waals surface area contributed by atoms with Crippen molar-refractivity contribution in [3.05, 3.63) is 29.5 Å². The molecule has 6 nitrogen and oxygen atoms in total. The van der Waals surface area contributed by atoms with Gasteiger partial charge in [0.05, 0.1) is 22.9 Å². The first-order valence-electron chi connectivity index (χ1n) is 7.93. The normalized spacial score (nSPS) is 12.2. The van der Waals surface area contributed by atoms with Crippen LogP contribution >= 0.6 is 11.6 Å². The molecule has 2 heterocycles. The average molecular weight is 364 g/mol. The zero-order valence-corrected chi connectivity index (χ0v) is 16.2. The van der Waals surface area contributed by atoms with E-state index >= 15 is 0 Å². The van der Waals surface area contributed by atoms with Gasteiger partial charge in [0.15, 0.2) is 0 Å². The number of hydrogen-bond acceptors (Lipinski definition) is 4. The maximum atomic E-state index is 6.40. The number of hydrogen-bond donors (Lipinski definition) is 0. The Bertz CT molecular complexity index is 852.